The molecular weight excluding hydrogens is 265 g/mol. The van der Waals surface area contributed by atoms with Crippen LogP contribution in [0.15, 0.2) is 47.5 Å². The summed E-state index contributed by atoms with van der Waals surface area (Å²) >= 11 is 0. The van der Waals surface area contributed by atoms with E-state index < -0.39 is 0 Å². The number of guanidine groups is 1. The highest BCUT2D eigenvalue weighted by molar-refractivity contribution is 5.92. The molecule has 0 unspecified atom stereocenters. The zero-order chi connectivity index (χ0) is 15.2. The summed E-state index contributed by atoms with van der Waals surface area (Å²) in [6, 6.07) is 12.7. The summed E-state index contributed by atoms with van der Waals surface area (Å²) in [5.41, 5.74) is 9.83. The Balaban J connectivity index is 1.92. The van der Waals surface area contributed by atoms with Crippen molar-refractivity contribution in [2.75, 3.05) is 11.9 Å². The summed E-state index contributed by atoms with van der Waals surface area (Å²) in [4.78, 5) is 4.22. The number of halogens is 1. The Hall–Kier alpha value is -2.36. The SMILES string of the molecule is Cc1ccc(NC(N)=NCCc2ccccc2F)cc1C. The van der Waals surface area contributed by atoms with Crippen LogP contribution >= 0.6 is 0 Å². The van der Waals surface area contributed by atoms with Gasteiger partial charge in [-0.05, 0) is 55.2 Å². The van der Waals surface area contributed by atoms with E-state index in [1.807, 2.05) is 31.2 Å². The van der Waals surface area contributed by atoms with Crippen molar-refractivity contribution < 1.29 is 4.39 Å². The molecule has 21 heavy (non-hydrogen) atoms. The smallest absolute Gasteiger partial charge is 0.193 e. The van der Waals surface area contributed by atoms with Crippen LogP contribution < -0.4 is 11.1 Å². The number of nitrogens with two attached hydrogens (primary N) is 1. The molecule has 3 N–H and O–H groups in total. The first kappa shape index (κ1) is 15.0. The van der Waals surface area contributed by atoms with Crippen LogP contribution in [-0.2, 0) is 6.42 Å². The Bertz CT molecular complexity index is 650. The maximum Gasteiger partial charge on any atom is 0.193 e. The third-order valence-electron chi connectivity index (χ3n) is 3.40. The fourth-order valence-corrected chi connectivity index (χ4v) is 2.00. The first-order chi connectivity index (χ1) is 10.1. The quantitative estimate of drug-likeness (QED) is 0.668. The standard InChI is InChI=1S/C17H20FN3/c1-12-7-8-15(11-13(12)2)21-17(19)20-10-9-14-5-3-4-6-16(14)18/h3-8,11H,9-10H2,1-2H3,(H3,19,20,21). The summed E-state index contributed by atoms with van der Waals surface area (Å²) in [6.45, 7) is 4.56. The number of aliphatic imine (C=N–C) groups is 1. The number of aryl methyl sites for hydroxylation is 2. The van der Waals surface area contributed by atoms with E-state index in [1.165, 1.54) is 17.2 Å². The number of hydrogen-bond donors (Lipinski definition) is 2. The van der Waals surface area contributed by atoms with Crippen LogP contribution in [0, 0.1) is 19.7 Å². The van der Waals surface area contributed by atoms with Gasteiger partial charge in [0.05, 0.1) is 0 Å². The average Bonchev–Trinajstić information content (AvgIpc) is 2.45. The molecular formula is C17H20FN3. The number of hydrogen-bond acceptors (Lipinski definition) is 1. The molecule has 2 aromatic carbocycles. The number of nitrogens with zero attached hydrogens (tertiary/aromatic N) is 1. The highest BCUT2D eigenvalue weighted by Crippen LogP contribution is 2.13. The van der Waals surface area contributed by atoms with Crippen LogP contribution in [0.4, 0.5) is 10.1 Å². The van der Waals surface area contributed by atoms with Crippen molar-refractivity contribution in [3.63, 3.8) is 0 Å². The lowest BCUT2D eigenvalue weighted by atomic mass is 10.1. The Morgan fingerprint density at radius 1 is 1.14 bits per heavy atom. The number of benzene rings is 2. The van der Waals surface area contributed by atoms with Crippen LogP contribution in [0.5, 0.6) is 0 Å². The number of nitrogens with one attached hydrogen (secondary N) is 1. The molecule has 0 spiro atoms. The minimum Gasteiger partial charge on any atom is -0.370 e. The first-order valence-electron chi connectivity index (χ1n) is 6.94. The molecule has 0 atom stereocenters. The first-order valence-corrected chi connectivity index (χ1v) is 6.94. The second-order valence-corrected chi connectivity index (χ2v) is 5.03. The van der Waals surface area contributed by atoms with E-state index in [0.29, 0.717) is 24.5 Å². The van der Waals surface area contributed by atoms with Gasteiger partial charge in [-0.25, -0.2) is 4.39 Å². The fraction of sp³-hybridized carbons (Fsp3) is 0.235. The Morgan fingerprint density at radius 3 is 2.62 bits per heavy atom. The summed E-state index contributed by atoms with van der Waals surface area (Å²) < 4.78 is 13.4. The average molecular weight is 285 g/mol. The van der Waals surface area contributed by atoms with E-state index >= 15 is 0 Å². The molecule has 0 saturated heterocycles. The highest BCUT2D eigenvalue weighted by atomic mass is 19.1. The van der Waals surface area contributed by atoms with Crippen LogP contribution in [0.1, 0.15) is 16.7 Å². The van der Waals surface area contributed by atoms with Gasteiger partial charge in [0.15, 0.2) is 5.96 Å². The van der Waals surface area contributed by atoms with E-state index in [-0.39, 0.29) is 5.82 Å². The molecule has 0 aliphatic carbocycles. The van der Waals surface area contributed by atoms with Crippen molar-refractivity contribution in [2.45, 2.75) is 20.3 Å². The summed E-state index contributed by atoms with van der Waals surface area (Å²) in [7, 11) is 0. The lowest BCUT2D eigenvalue weighted by molar-refractivity contribution is 0.609. The number of rotatable bonds is 4. The normalized spacial score (nSPS) is 11.5. The van der Waals surface area contributed by atoms with Gasteiger partial charge in [0, 0.05) is 12.2 Å². The molecule has 0 aliphatic heterocycles. The van der Waals surface area contributed by atoms with Crippen molar-refractivity contribution in [1.82, 2.24) is 0 Å². The van der Waals surface area contributed by atoms with Crippen LogP contribution in [-0.4, -0.2) is 12.5 Å². The third kappa shape index (κ3) is 4.31. The molecule has 0 radical (unpaired) electrons. The number of anilines is 1. The van der Waals surface area contributed by atoms with Crippen LogP contribution in [0.25, 0.3) is 0 Å². The molecule has 2 aromatic rings. The molecule has 0 amide bonds. The van der Waals surface area contributed by atoms with Gasteiger partial charge < -0.3 is 11.1 Å². The summed E-state index contributed by atoms with van der Waals surface area (Å²) in [6.07, 6.45) is 0.530. The van der Waals surface area contributed by atoms with Crippen molar-refractivity contribution in [3.8, 4) is 0 Å². The predicted molar refractivity (Wildman–Crippen MR) is 86.1 cm³/mol. The van der Waals surface area contributed by atoms with Gasteiger partial charge in [0.2, 0.25) is 0 Å². The van der Waals surface area contributed by atoms with Crippen molar-refractivity contribution in [1.29, 1.82) is 0 Å². The molecule has 0 fully saturated rings. The van der Waals surface area contributed by atoms with Gasteiger partial charge in [0.25, 0.3) is 0 Å². The van der Waals surface area contributed by atoms with Gasteiger partial charge >= 0.3 is 0 Å². The maximum atomic E-state index is 13.4. The molecule has 0 heterocycles. The van der Waals surface area contributed by atoms with Crippen LogP contribution in [0.2, 0.25) is 0 Å². The van der Waals surface area contributed by atoms with E-state index in [1.54, 1.807) is 12.1 Å². The second-order valence-electron chi connectivity index (χ2n) is 5.03. The fourth-order valence-electron chi connectivity index (χ4n) is 2.00. The summed E-state index contributed by atoms with van der Waals surface area (Å²) in [5, 5.41) is 3.04. The van der Waals surface area contributed by atoms with Gasteiger partial charge in [-0.15, -0.1) is 0 Å². The molecule has 0 saturated carbocycles. The lowest BCUT2D eigenvalue weighted by Crippen LogP contribution is -2.23. The minimum absolute atomic E-state index is 0.201. The predicted octanol–water partition coefficient (Wildman–Crippen LogP) is 3.41. The Labute approximate surface area is 124 Å². The maximum absolute atomic E-state index is 13.4. The summed E-state index contributed by atoms with van der Waals surface area (Å²) in [5.74, 6) is 0.142. The molecule has 3 nitrogen and oxygen atoms in total. The molecule has 0 aromatic heterocycles. The van der Waals surface area contributed by atoms with E-state index in [2.05, 4.69) is 17.2 Å². The van der Waals surface area contributed by atoms with E-state index in [4.69, 9.17) is 5.73 Å². The monoisotopic (exact) mass is 285 g/mol. The molecule has 0 aliphatic rings. The van der Waals surface area contributed by atoms with Crippen molar-refractivity contribution >= 4 is 11.6 Å². The Kier molecular flexibility index (Phi) is 4.93. The molecule has 110 valence electrons. The van der Waals surface area contributed by atoms with Crippen molar-refractivity contribution in [3.05, 3.63) is 65.0 Å². The highest BCUT2D eigenvalue weighted by Gasteiger charge is 2.01. The molecule has 2 rings (SSSR count). The largest absolute Gasteiger partial charge is 0.370 e. The molecule has 0 bridgehead atoms. The second kappa shape index (κ2) is 6.88. The van der Waals surface area contributed by atoms with E-state index in [9.17, 15) is 4.39 Å². The topological polar surface area (TPSA) is 50.4 Å². The third-order valence-corrected chi connectivity index (χ3v) is 3.40. The van der Waals surface area contributed by atoms with Crippen molar-refractivity contribution in [2.24, 2.45) is 10.7 Å². The lowest BCUT2D eigenvalue weighted by Gasteiger charge is -2.08. The van der Waals surface area contributed by atoms with Crippen LogP contribution in [0.3, 0.4) is 0 Å². The Morgan fingerprint density at radius 2 is 1.90 bits per heavy atom. The zero-order valence-electron chi connectivity index (χ0n) is 12.4. The van der Waals surface area contributed by atoms with E-state index in [0.717, 1.165) is 5.69 Å². The zero-order valence-corrected chi connectivity index (χ0v) is 12.4. The van der Waals surface area contributed by atoms with Gasteiger partial charge in [-0.3, -0.25) is 4.99 Å². The molecule has 4 heteroatoms. The van der Waals surface area contributed by atoms with Gasteiger partial charge in [-0.2, -0.15) is 0 Å². The van der Waals surface area contributed by atoms with Gasteiger partial charge in [0.1, 0.15) is 5.82 Å². The minimum atomic E-state index is -0.201. The van der Waals surface area contributed by atoms with Gasteiger partial charge in [-0.1, -0.05) is 24.3 Å².